The Labute approximate surface area is 116 Å². The van der Waals surface area contributed by atoms with Gasteiger partial charge in [0.25, 0.3) is 0 Å². The monoisotopic (exact) mass is 271 g/mol. The summed E-state index contributed by atoms with van der Waals surface area (Å²) in [5.41, 5.74) is 5.72. The zero-order chi connectivity index (χ0) is 14.3. The molecule has 112 valence electrons. The number of hydrogen-bond donors (Lipinski definition) is 2. The van der Waals surface area contributed by atoms with E-state index in [0.717, 1.165) is 26.1 Å². The van der Waals surface area contributed by atoms with Crippen LogP contribution in [0.1, 0.15) is 26.7 Å². The van der Waals surface area contributed by atoms with E-state index in [2.05, 4.69) is 31.1 Å². The largest absolute Gasteiger partial charge is 0.374 e. The molecule has 0 bridgehead atoms. The number of rotatable bonds is 7. The van der Waals surface area contributed by atoms with Crippen LogP contribution in [0.3, 0.4) is 0 Å². The predicted octanol–water partition coefficient (Wildman–Crippen LogP) is 0.444. The Bertz CT molecular complexity index is 271. The highest BCUT2D eigenvalue weighted by Gasteiger charge is 2.19. The molecule has 1 rings (SSSR count). The Morgan fingerprint density at radius 3 is 2.84 bits per heavy atom. The van der Waals surface area contributed by atoms with Crippen molar-refractivity contribution in [1.82, 2.24) is 10.2 Å². The van der Waals surface area contributed by atoms with Gasteiger partial charge in [0, 0.05) is 26.1 Å². The molecule has 1 heterocycles. The van der Waals surface area contributed by atoms with Gasteiger partial charge < -0.3 is 20.7 Å². The minimum absolute atomic E-state index is 0.0907. The molecule has 0 aromatic carbocycles. The summed E-state index contributed by atoms with van der Waals surface area (Å²) in [5.74, 6) is 0.958. The second kappa shape index (κ2) is 8.51. The van der Waals surface area contributed by atoms with E-state index in [1.165, 1.54) is 0 Å². The van der Waals surface area contributed by atoms with Crippen LogP contribution in [0.2, 0.25) is 0 Å². The van der Waals surface area contributed by atoms with E-state index in [4.69, 9.17) is 10.5 Å². The molecule has 2 atom stereocenters. The van der Waals surface area contributed by atoms with Crippen molar-refractivity contribution in [2.24, 2.45) is 17.6 Å². The summed E-state index contributed by atoms with van der Waals surface area (Å²) in [6, 6.07) is 0. The van der Waals surface area contributed by atoms with Crippen molar-refractivity contribution in [2.45, 2.75) is 32.8 Å². The zero-order valence-corrected chi connectivity index (χ0v) is 12.5. The molecule has 0 radical (unpaired) electrons. The van der Waals surface area contributed by atoms with Crippen LogP contribution >= 0.6 is 0 Å². The summed E-state index contributed by atoms with van der Waals surface area (Å²) < 4.78 is 5.61. The van der Waals surface area contributed by atoms with Crippen LogP contribution in [0.15, 0.2) is 0 Å². The van der Waals surface area contributed by atoms with Crippen molar-refractivity contribution >= 4 is 5.91 Å². The fourth-order valence-corrected chi connectivity index (χ4v) is 2.48. The first-order valence-electron chi connectivity index (χ1n) is 7.28. The lowest BCUT2D eigenvalue weighted by Gasteiger charge is -2.30. The summed E-state index contributed by atoms with van der Waals surface area (Å²) in [6.07, 6.45) is 1.65. The predicted molar refractivity (Wildman–Crippen MR) is 76.9 cm³/mol. The molecular weight excluding hydrogens is 242 g/mol. The van der Waals surface area contributed by atoms with Gasteiger partial charge in [0.15, 0.2) is 0 Å². The van der Waals surface area contributed by atoms with Gasteiger partial charge in [-0.15, -0.1) is 0 Å². The molecule has 2 unspecified atom stereocenters. The number of hydrogen-bond acceptors (Lipinski definition) is 4. The number of amides is 1. The number of carbonyl (C=O) groups excluding carboxylic acids is 1. The lowest BCUT2D eigenvalue weighted by Crippen LogP contribution is -2.46. The fraction of sp³-hybridized carbons (Fsp3) is 0.929. The van der Waals surface area contributed by atoms with Gasteiger partial charge in [-0.2, -0.15) is 0 Å². The second-order valence-corrected chi connectivity index (χ2v) is 5.99. The first kappa shape index (κ1) is 16.4. The zero-order valence-electron chi connectivity index (χ0n) is 12.5. The third kappa shape index (κ3) is 6.89. The van der Waals surface area contributed by atoms with E-state index in [1.807, 2.05) is 0 Å². The lowest BCUT2D eigenvalue weighted by molar-refractivity contribution is -0.123. The molecule has 1 saturated heterocycles. The molecule has 0 saturated carbocycles. The van der Waals surface area contributed by atoms with Crippen molar-refractivity contribution in [2.75, 3.05) is 39.8 Å². The average molecular weight is 271 g/mol. The lowest BCUT2D eigenvalue weighted by atomic mass is 9.94. The standard InChI is InChI=1S/C14H29N3O2/c1-11(2)6-12(8-15)7-14(18)16-9-13-10-17(3)4-5-19-13/h11-13H,4-10,15H2,1-3H3,(H,16,18). The Morgan fingerprint density at radius 2 is 2.26 bits per heavy atom. The van der Waals surface area contributed by atoms with Gasteiger partial charge in [-0.3, -0.25) is 4.79 Å². The minimum Gasteiger partial charge on any atom is -0.374 e. The maximum atomic E-state index is 11.9. The van der Waals surface area contributed by atoms with E-state index in [-0.39, 0.29) is 17.9 Å². The van der Waals surface area contributed by atoms with E-state index < -0.39 is 0 Å². The van der Waals surface area contributed by atoms with Crippen molar-refractivity contribution in [1.29, 1.82) is 0 Å². The van der Waals surface area contributed by atoms with Crippen LogP contribution in [0.5, 0.6) is 0 Å². The molecule has 1 aliphatic rings. The SMILES string of the molecule is CC(C)CC(CN)CC(=O)NCC1CN(C)CCO1. The average Bonchev–Trinajstić information content (AvgIpc) is 2.35. The van der Waals surface area contributed by atoms with E-state index in [9.17, 15) is 4.79 Å². The number of morpholine rings is 1. The van der Waals surface area contributed by atoms with Crippen molar-refractivity contribution in [3.8, 4) is 0 Å². The Hall–Kier alpha value is -0.650. The molecule has 1 fully saturated rings. The number of nitrogens with two attached hydrogens (primary N) is 1. The number of nitrogens with zero attached hydrogens (tertiary/aromatic N) is 1. The molecule has 1 aliphatic heterocycles. The normalized spacial score (nSPS) is 22.5. The molecule has 0 aromatic heterocycles. The Morgan fingerprint density at radius 1 is 1.53 bits per heavy atom. The van der Waals surface area contributed by atoms with Crippen LogP contribution in [-0.4, -0.2) is 56.7 Å². The van der Waals surface area contributed by atoms with Crippen LogP contribution in [0.4, 0.5) is 0 Å². The molecular formula is C14H29N3O2. The maximum Gasteiger partial charge on any atom is 0.220 e. The van der Waals surface area contributed by atoms with E-state index in [0.29, 0.717) is 25.4 Å². The molecule has 0 spiro atoms. The molecule has 5 nitrogen and oxygen atoms in total. The molecule has 0 aromatic rings. The highest BCUT2D eigenvalue weighted by Crippen LogP contribution is 2.14. The van der Waals surface area contributed by atoms with E-state index >= 15 is 0 Å². The summed E-state index contributed by atoms with van der Waals surface area (Å²) >= 11 is 0. The molecule has 19 heavy (non-hydrogen) atoms. The summed E-state index contributed by atoms with van der Waals surface area (Å²) in [7, 11) is 2.07. The van der Waals surface area contributed by atoms with Gasteiger partial charge >= 0.3 is 0 Å². The maximum absolute atomic E-state index is 11.9. The molecule has 3 N–H and O–H groups in total. The smallest absolute Gasteiger partial charge is 0.220 e. The number of carbonyl (C=O) groups is 1. The number of nitrogens with one attached hydrogen (secondary N) is 1. The number of ether oxygens (including phenoxy) is 1. The summed E-state index contributed by atoms with van der Waals surface area (Å²) in [6.45, 7) is 8.09. The molecule has 5 heteroatoms. The van der Waals surface area contributed by atoms with Gasteiger partial charge in [-0.25, -0.2) is 0 Å². The topological polar surface area (TPSA) is 67.6 Å². The minimum atomic E-state index is 0.0907. The Balaban J connectivity index is 2.22. The molecule has 0 aliphatic carbocycles. The highest BCUT2D eigenvalue weighted by atomic mass is 16.5. The van der Waals surface area contributed by atoms with Crippen molar-refractivity contribution in [3.63, 3.8) is 0 Å². The van der Waals surface area contributed by atoms with Gasteiger partial charge in [-0.1, -0.05) is 13.8 Å². The molecule has 1 amide bonds. The quantitative estimate of drug-likeness (QED) is 0.705. The Kier molecular flexibility index (Phi) is 7.34. The van der Waals surface area contributed by atoms with Crippen molar-refractivity contribution < 1.29 is 9.53 Å². The van der Waals surface area contributed by atoms with Gasteiger partial charge in [0.05, 0.1) is 12.7 Å². The van der Waals surface area contributed by atoms with Crippen molar-refractivity contribution in [3.05, 3.63) is 0 Å². The second-order valence-electron chi connectivity index (χ2n) is 5.99. The van der Waals surface area contributed by atoms with Crippen LogP contribution in [0, 0.1) is 11.8 Å². The van der Waals surface area contributed by atoms with Gasteiger partial charge in [0.1, 0.15) is 0 Å². The number of likely N-dealkylation sites (N-methyl/N-ethyl adjacent to an activating group) is 1. The van der Waals surface area contributed by atoms with Gasteiger partial charge in [-0.05, 0) is 31.8 Å². The highest BCUT2D eigenvalue weighted by molar-refractivity contribution is 5.76. The third-order valence-corrected chi connectivity index (χ3v) is 3.48. The summed E-state index contributed by atoms with van der Waals surface area (Å²) in [5, 5.41) is 2.96. The third-order valence-electron chi connectivity index (χ3n) is 3.48. The first-order valence-corrected chi connectivity index (χ1v) is 7.28. The first-order chi connectivity index (χ1) is 9.01. The van der Waals surface area contributed by atoms with Crippen LogP contribution in [0.25, 0.3) is 0 Å². The fourth-order valence-electron chi connectivity index (χ4n) is 2.48. The van der Waals surface area contributed by atoms with Crippen LogP contribution < -0.4 is 11.1 Å². The van der Waals surface area contributed by atoms with Gasteiger partial charge in [0.2, 0.25) is 5.91 Å². The summed E-state index contributed by atoms with van der Waals surface area (Å²) in [4.78, 5) is 14.1. The van der Waals surface area contributed by atoms with E-state index in [1.54, 1.807) is 0 Å². The van der Waals surface area contributed by atoms with Crippen LogP contribution in [-0.2, 0) is 9.53 Å².